The zero-order valence-electron chi connectivity index (χ0n) is 13.7. The molecule has 0 heterocycles. The van der Waals surface area contributed by atoms with Crippen molar-refractivity contribution in [1.29, 1.82) is 5.26 Å². The molecule has 0 aliphatic heterocycles. The van der Waals surface area contributed by atoms with Crippen molar-refractivity contribution in [3.63, 3.8) is 0 Å². The first-order chi connectivity index (χ1) is 12.3. The van der Waals surface area contributed by atoms with E-state index in [4.69, 9.17) is 0 Å². The molecule has 25 heavy (non-hydrogen) atoms. The van der Waals surface area contributed by atoms with E-state index in [-0.39, 0.29) is 12.2 Å². The van der Waals surface area contributed by atoms with E-state index in [2.05, 4.69) is 6.07 Å². The van der Waals surface area contributed by atoms with Gasteiger partial charge in [0.1, 0.15) is 6.07 Å². The number of carbonyl (C=O) groups is 1. The lowest BCUT2D eigenvalue weighted by atomic mass is 9.90. The molecule has 2 nitrogen and oxygen atoms in total. The number of hydrogen-bond acceptors (Lipinski definition) is 2. The van der Waals surface area contributed by atoms with Crippen molar-refractivity contribution in [3.05, 3.63) is 108 Å². The molecule has 0 unspecified atom stereocenters. The molecule has 3 rings (SSSR count). The zero-order valence-corrected chi connectivity index (χ0v) is 13.7. The molecule has 0 radical (unpaired) electrons. The van der Waals surface area contributed by atoms with Crippen LogP contribution in [0.4, 0.5) is 0 Å². The molecule has 0 amide bonds. The van der Waals surface area contributed by atoms with Crippen LogP contribution < -0.4 is 0 Å². The van der Waals surface area contributed by atoms with Crippen LogP contribution >= 0.6 is 0 Å². The molecule has 3 aromatic carbocycles. The summed E-state index contributed by atoms with van der Waals surface area (Å²) in [7, 11) is 0. The highest BCUT2D eigenvalue weighted by atomic mass is 16.1. The second kappa shape index (κ2) is 7.90. The van der Waals surface area contributed by atoms with Gasteiger partial charge in [-0.15, -0.1) is 0 Å². The third-order valence-corrected chi connectivity index (χ3v) is 4.03. The number of benzene rings is 3. The minimum absolute atomic E-state index is 0.00290. The Kier molecular flexibility index (Phi) is 5.19. The fourth-order valence-corrected chi connectivity index (χ4v) is 2.77. The van der Waals surface area contributed by atoms with Gasteiger partial charge in [0.15, 0.2) is 5.78 Å². The van der Waals surface area contributed by atoms with Gasteiger partial charge in [0, 0.05) is 12.0 Å². The van der Waals surface area contributed by atoms with Gasteiger partial charge in [-0.2, -0.15) is 5.26 Å². The Morgan fingerprint density at radius 1 is 0.680 bits per heavy atom. The summed E-state index contributed by atoms with van der Waals surface area (Å²) in [6.45, 7) is 0. The van der Waals surface area contributed by atoms with E-state index >= 15 is 0 Å². The first-order valence-corrected chi connectivity index (χ1v) is 8.12. The van der Waals surface area contributed by atoms with Crippen molar-refractivity contribution < 1.29 is 4.79 Å². The van der Waals surface area contributed by atoms with Crippen LogP contribution in [0.2, 0.25) is 0 Å². The predicted octanol–water partition coefficient (Wildman–Crippen LogP) is 5.39. The number of nitrogens with zero attached hydrogens (tertiary/aromatic N) is 1. The smallest absolute Gasteiger partial charge is 0.167 e. The van der Waals surface area contributed by atoms with Crippen LogP contribution in [0.25, 0.3) is 11.1 Å². The molecular formula is C23H17NO. The molecule has 0 saturated carbocycles. The number of ketones is 1. The monoisotopic (exact) mass is 323 g/mol. The lowest BCUT2D eigenvalue weighted by Crippen LogP contribution is -2.02. The second-order valence-electron chi connectivity index (χ2n) is 5.66. The van der Waals surface area contributed by atoms with Crippen LogP contribution in [0.15, 0.2) is 91.0 Å². The molecule has 0 atom stereocenters. The molecule has 3 aromatic rings. The number of carbonyl (C=O) groups excluding carboxylic acids is 1. The van der Waals surface area contributed by atoms with Gasteiger partial charge in [0.05, 0.1) is 5.57 Å². The number of nitriles is 1. The van der Waals surface area contributed by atoms with Crippen molar-refractivity contribution >= 4 is 16.9 Å². The molecule has 0 fully saturated rings. The molecule has 0 aliphatic carbocycles. The van der Waals surface area contributed by atoms with E-state index < -0.39 is 0 Å². The maximum atomic E-state index is 12.7. The second-order valence-corrected chi connectivity index (χ2v) is 5.66. The van der Waals surface area contributed by atoms with Crippen molar-refractivity contribution in [2.75, 3.05) is 0 Å². The Bertz CT molecular complexity index is 920. The van der Waals surface area contributed by atoms with Gasteiger partial charge in [0.25, 0.3) is 0 Å². The summed E-state index contributed by atoms with van der Waals surface area (Å²) in [4.78, 5) is 12.7. The van der Waals surface area contributed by atoms with Gasteiger partial charge in [-0.1, -0.05) is 91.0 Å². The van der Waals surface area contributed by atoms with Gasteiger partial charge in [0.2, 0.25) is 0 Å². The minimum Gasteiger partial charge on any atom is -0.294 e. The molecule has 0 aromatic heterocycles. The van der Waals surface area contributed by atoms with Crippen molar-refractivity contribution in [3.8, 4) is 6.07 Å². The average Bonchev–Trinajstić information content (AvgIpc) is 2.70. The summed E-state index contributed by atoms with van der Waals surface area (Å²) < 4.78 is 0. The molecule has 0 spiro atoms. The summed E-state index contributed by atoms with van der Waals surface area (Å²) in [6.07, 6.45) is 0.186. The van der Waals surface area contributed by atoms with Gasteiger partial charge in [-0.05, 0) is 16.7 Å². The Hall–Kier alpha value is -3.44. The third kappa shape index (κ3) is 3.91. The number of hydrogen-bond donors (Lipinski definition) is 0. The standard InChI is InChI=1S/C23H17NO/c24-17-22(19-12-6-2-7-13-19)21(18-10-4-1-5-11-18)16-23(25)20-14-8-3-9-15-20/h1-15H,16H2/b22-21-. The molecule has 0 N–H and O–H groups in total. The Morgan fingerprint density at radius 3 is 1.60 bits per heavy atom. The molecular weight excluding hydrogens is 306 g/mol. The maximum absolute atomic E-state index is 12.7. The summed E-state index contributed by atoms with van der Waals surface area (Å²) in [5.41, 5.74) is 3.66. The van der Waals surface area contributed by atoms with Crippen LogP contribution in [0, 0.1) is 11.3 Å². The van der Waals surface area contributed by atoms with Crippen LogP contribution in [-0.4, -0.2) is 5.78 Å². The van der Waals surface area contributed by atoms with E-state index in [0.29, 0.717) is 11.1 Å². The Morgan fingerprint density at radius 2 is 1.12 bits per heavy atom. The first kappa shape index (κ1) is 16.4. The Labute approximate surface area is 147 Å². The van der Waals surface area contributed by atoms with Crippen LogP contribution in [0.1, 0.15) is 27.9 Å². The molecule has 0 aliphatic rings. The predicted molar refractivity (Wildman–Crippen MR) is 101 cm³/mol. The van der Waals surface area contributed by atoms with Crippen molar-refractivity contribution in [1.82, 2.24) is 0 Å². The van der Waals surface area contributed by atoms with Crippen LogP contribution in [0.5, 0.6) is 0 Å². The minimum atomic E-state index is 0.00290. The highest BCUT2D eigenvalue weighted by Crippen LogP contribution is 2.29. The molecule has 2 heteroatoms. The largest absolute Gasteiger partial charge is 0.294 e. The fourth-order valence-electron chi connectivity index (χ4n) is 2.77. The zero-order chi connectivity index (χ0) is 17.5. The number of allylic oxidation sites excluding steroid dienone is 2. The van der Waals surface area contributed by atoms with Crippen LogP contribution in [0.3, 0.4) is 0 Å². The van der Waals surface area contributed by atoms with E-state index in [1.54, 1.807) is 12.1 Å². The summed E-state index contributed by atoms with van der Waals surface area (Å²) >= 11 is 0. The maximum Gasteiger partial charge on any atom is 0.167 e. The first-order valence-electron chi connectivity index (χ1n) is 8.12. The van der Waals surface area contributed by atoms with Gasteiger partial charge < -0.3 is 0 Å². The van der Waals surface area contributed by atoms with E-state index in [0.717, 1.165) is 16.7 Å². The summed E-state index contributed by atoms with van der Waals surface area (Å²) in [5, 5.41) is 9.78. The SMILES string of the molecule is N#C/C(=C(\CC(=O)c1ccccc1)c1ccccc1)c1ccccc1. The lowest BCUT2D eigenvalue weighted by Gasteiger charge is -2.11. The molecule has 0 saturated heterocycles. The topological polar surface area (TPSA) is 40.9 Å². The van der Waals surface area contributed by atoms with Gasteiger partial charge in [-0.3, -0.25) is 4.79 Å². The van der Waals surface area contributed by atoms with Crippen molar-refractivity contribution in [2.45, 2.75) is 6.42 Å². The van der Waals surface area contributed by atoms with Crippen molar-refractivity contribution in [2.24, 2.45) is 0 Å². The van der Waals surface area contributed by atoms with Crippen LogP contribution in [-0.2, 0) is 0 Å². The highest BCUT2D eigenvalue weighted by Gasteiger charge is 2.16. The lowest BCUT2D eigenvalue weighted by molar-refractivity contribution is 0.0998. The van der Waals surface area contributed by atoms with E-state index in [9.17, 15) is 10.1 Å². The van der Waals surface area contributed by atoms with E-state index in [1.165, 1.54) is 0 Å². The highest BCUT2D eigenvalue weighted by molar-refractivity contribution is 6.09. The molecule has 120 valence electrons. The average molecular weight is 323 g/mol. The van der Waals surface area contributed by atoms with Gasteiger partial charge >= 0.3 is 0 Å². The quantitative estimate of drug-likeness (QED) is 0.358. The Balaban J connectivity index is 2.09. The normalized spacial score (nSPS) is 11.3. The third-order valence-electron chi connectivity index (χ3n) is 4.03. The number of rotatable bonds is 5. The number of Topliss-reactive ketones (excluding diaryl/α,β-unsaturated/α-hetero) is 1. The summed E-state index contributed by atoms with van der Waals surface area (Å²) in [5.74, 6) is 0.00290. The van der Waals surface area contributed by atoms with E-state index in [1.807, 2.05) is 78.9 Å². The molecule has 0 bridgehead atoms. The fraction of sp³-hybridized carbons (Fsp3) is 0.0435. The van der Waals surface area contributed by atoms with Gasteiger partial charge in [-0.25, -0.2) is 0 Å². The summed E-state index contributed by atoms with van der Waals surface area (Å²) in [6, 6.07) is 30.6.